The molecule has 0 fully saturated rings. The van der Waals surface area contributed by atoms with Crippen molar-refractivity contribution in [2.75, 3.05) is 9.80 Å². The number of anilines is 5. The zero-order valence-corrected chi connectivity index (χ0v) is 42.1. The highest BCUT2D eigenvalue weighted by Gasteiger charge is 2.27. The van der Waals surface area contributed by atoms with E-state index in [4.69, 9.17) is 0 Å². The minimum absolute atomic E-state index is 0.489. The zero-order chi connectivity index (χ0) is 50.1. The number of allylic oxidation sites excluding steroid dienone is 6. The first-order valence-corrected chi connectivity index (χ1v) is 26.8. The normalized spacial score (nSPS) is 14.4. The molecule has 0 aromatic heterocycles. The molecule has 2 aliphatic rings. The fraction of sp³-hybridized carbons (Fsp3) is 0.0541. The highest BCUT2D eigenvalue weighted by molar-refractivity contribution is 6.23. The van der Waals surface area contributed by atoms with Crippen molar-refractivity contribution in [1.29, 1.82) is 0 Å². The number of hydrogen-bond donors (Lipinski definition) is 0. The lowest BCUT2D eigenvalue weighted by atomic mass is 9.82. The first kappa shape index (κ1) is 44.0. The van der Waals surface area contributed by atoms with Gasteiger partial charge in [-0.1, -0.05) is 194 Å². The van der Waals surface area contributed by atoms with Gasteiger partial charge < -0.3 is 9.80 Å². The maximum absolute atomic E-state index is 2.55. The molecule has 0 radical (unpaired) electrons. The van der Waals surface area contributed by atoms with Crippen molar-refractivity contribution in [1.82, 2.24) is 0 Å². The average molecular weight is 969 g/mol. The van der Waals surface area contributed by atoms with Crippen LogP contribution < -0.4 is 9.80 Å². The standard InChI is InChI=1S/C74H52N2/c1-7-19-55-41-61(27-25-49(55)13-1)73-69-39-37-68(76(65-35-31-53-17-5-11-23-59(53)45-65)66-36-32-54-18-6-12-24-60(54)46-66)48-72(69)74(62-28-26-50-14-2-8-20-56(50)42-62)70-40-38-67(47-71(70)73)75(63-33-29-51-15-3-9-21-57(51)43-63)64-34-30-52-16-4-10-22-58(52)44-64/h1-11,13-23,25-45,47-48,60H,12,24,46H2. The third-order valence-corrected chi connectivity index (χ3v) is 16.3. The summed E-state index contributed by atoms with van der Waals surface area (Å²) in [6.07, 6.45) is 12.7. The third kappa shape index (κ3) is 7.64. The molecule has 0 spiro atoms. The van der Waals surface area contributed by atoms with Gasteiger partial charge in [0.25, 0.3) is 0 Å². The Hall–Kier alpha value is -9.50. The molecular formula is C74H52N2. The topological polar surface area (TPSA) is 6.48 Å². The van der Waals surface area contributed by atoms with Crippen LogP contribution in [0, 0.1) is 5.92 Å². The van der Waals surface area contributed by atoms with Gasteiger partial charge in [-0.2, -0.15) is 0 Å². The lowest BCUT2D eigenvalue weighted by Crippen LogP contribution is -2.22. The van der Waals surface area contributed by atoms with Crippen molar-refractivity contribution in [3.05, 3.63) is 284 Å². The van der Waals surface area contributed by atoms with Crippen molar-refractivity contribution < 1.29 is 0 Å². The summed E-state index contributed by atoms with van der Waals surface area (Å²) in [6.45, 7) is 0. The molecule has 13 aromatic carbocycles. The SMILES string of the molecule is C1=CC2=CC=C(N(c3ccc4ccccc4c3)c3ccc4c(-c5ccc6ccccc6c5)c5cc(N(c6ccc7ccccc7c6)c6ccc7ccccc7c6)ccc5c(-c5ccc6ccccc6c5)c4c3)CC2CC1. The lowest BCUT2D eigenvalue weighted by molar-refractivity contribution is 0.547. The van der Waals surface area contributed by atoms with E-state index in [1.807, 2.05) is 0 Å². The van der Waals surface area contributed by atoms with E-state index in [1.165, 1.54) is 115 Å². The second-order valence-corrected chi connectivity index (χ2v) is 20.8. The summed E-state index contributed by atoms with van der Waals surface area (Å²) in [7, 11) is 0. The molecule has 1 atom stereocenters. The predicted molar refractivity (Wildman–Crippen MR) is 326 cm³/mol. The van der Waals surface area contributed by atoms with Crippen LogP contribution in [-0.4, -0.2) is 0 Å². The van der Waals surface area contributed by atoms with E-state index in [1.54, 1.807) is 0 Å². The summed E-state index contributed by atoms with van der Waals surface area (Å²) >= 11 is 0. The van der Waals surface area contributed by atoms with E-state index in [0.717, 1.165) is 42.0 Å². The molecule has 0 amide bonds. The van der Waals surface area contributed by atoms with Gasteiger partial charge in [-0.05, 0) is 207 Å². The molecule has 1 unspecified atom stereocenters. The van der Waals surface area contributed by atoms with Crippen LogP contribution in [0.15, 0.2) is 284 Å². The number of benzene rings is 13. The largest absolute Gasteiger partial charge is 0.314 e. The molecule has 2 aliphatic carbocycles. The van der Waals surface area contributed by atoms with Gasteiger partial charge in [0.2, 0.25) is 0 Å². The summed E-state index contributed by atoms with van der Waals surface area (Å²) in [5, 5.41) is 17.1. The molecule has 0 aliphatic heterocycles. The molecule has 15 rings (SSSR count). The molecule has 0 N–H and O–H groups in total. The second-order valence-electron chi connectivity index (χ2n) is 20.8. The van der Waals surface area contributed by atoms with Gasteiger partial charge >= 0.3 is 0 Å². The molecule has 358 valence electrons. The van der Waals surface area contributed by atoms with Gasteiger partial charge in [-0.15, -0.1) is 0 Å². The highest BCUT2D eigenvalue weighted by Crippen LogP contribution is 2.50. The van der Waals surface area contributed by atoms with Crippen LogP contribution in [0.3, 0.4) is 0 Å². The highest BCUT2D eigenvalue weighted by atomic mass is 15.2. The first-order valence-electron chi connectivity index (χ1n) is 26.8. The summed E-state index contributed by atoms with van der Waals surface area (Å²) in [6, 6.07) is 93.0. The minimum Gasteiger partial charge on any atom is -0.314 e. The van der Waals surface area contributed by atoms with Crippen LogP contribution in [0.2, 0.25) is 0 Å². The molecule has 13 aromatic rings. The van der Waals surface area contributed by atoms with E-state index in [0.29, 0.717) is 5.92 Å². The van der Waals surface area contributed by atoms with Crippen LogP contribution in [-0.2, 0) is 0 Å². The summed E-state index contributed by atoms with van der Waals surface area (Å²) in [5.74, 6) is 0.489. The van der Waals surface area contributed by atoms with Crippen LogP contribution in [0.4, 0.5) is 28.4 Å². The smallest absolute Gasteiger partial charge is 0.0468 e. The van der Waals surface area contributed by atoms with E-state index in [2.05, 4.69) is 283 Å². The summed E-state index contributed by atoms with van der Waals surface area (Å²) in [4.78, 5) is 5.00. The third-order valence-electron chi connectivity index (χ3n) is 16.3. The summed E-state index contributed by atoms with van der Waals surface area (Å²) < 4.78 is 0. The maximum atomic E-state index is 2.55. The van der Waals surface area contributed by atoms with Gasteiger partial charge in [0.1, 0.15) is 0 Å². The van der Waals surface area contributed by atoms with Crippen LogP contribution in [0.1, 0.15) is 19.3 Å². The average Bonchev–Trinajstić information content (AvgIpc) is 3.57. The molecule has 0 saturated heterocycles. The Labute approximate surface area is 443 Å². The fourth-order valence-electron chi connectivity index (χ4n) is 12.6. The van der Waals surface area contributed by atoms with Gasteiger partial charge in [0.05, 0.1) is 0 Å². The van der Waals surface area contributed by atoms with Crippen LogP contribution in [0.5, 0.6) is 0 Å². The Morgan fingerprint density at radius 3 is 1.13 bits per heavy atom. The molecule has 2 heteroatoms. The first-order chi connectivity index (χ1) is 37.6. The van der Waals surface area contributed by atoms with Crippen molar-refractivity contribution in [3.8, 4) is 22.3 Å². The molecule has 0 heterocycles. The Bertz CT molecular complexity index is 4510. The molecule has 0 saturated carbocycles. The minimum atomic E-state index is 0.489. The van der Waals surface area contributed by atoms with Gasteiger partial charge in [-0.25, -0.2) is 0 Å². The zero-order valence-electron chi connectivity index (χ0n) is 42.1. The van der Waals surface area contributed by atoms with Gasteiger partial charge in [0, 0.05) is 34.1 Å². The number of rotatable bonds is 8. The van der Waals surface area contributed by atoms with Crippen molar-refractivity contribution in [3.63, 3.8) is 0 Å². The Kier molecular flexibility index (Phi) is 10.5. The van der Waals surface area contributed by atoms with Gasteiger partial charge in [0.15, 0.2) is 0 Å². The Morgan fingerprint density at radius 1 is 0.303 bits per heavy atom. The van der Waals surface area contributed by atoms with Crippen molar-refractivity contribution in [2.24, 2.45) is 5.92 Å². The van der Waals surface area contributed by atoms with E-state index >= 15 is 0 Å². The molecular weight excluding hydrogens is 917 g/mol. The van der Waals surface area contributed by atoms with Crippen molar-refractivity contribution in [2.45, 2.75) is 19.3 Å². The number of fused-ring (bicyclic) bond motifs is 8. The van der Waals surface area contributed by atoms with Crippen molar-refractivity contribution >= 4 is 104 Å². The summed E-state index contributed by atoms with van der Waals surface area (Å²) in [5.41, 5.74) is 13.2. The number of hydrogen-bond acceptors (Lipinski definition) is 2. The molecule has 76 heavy (non-hydrogen) atoms. The molecule has 0 bridgehead atoms. The lowest BCUT2D eigenvalue weighted by Gasteiger charge is -2.34. The van der Waals surface area contributed by atoms with E-state index < -0.39 is 0 Å². The predicted octanol–water partition coefficient (Wildman–Crippen LogP) is 20.9. The Balaban J connectivity index is 1.03. The maximum Gasteiger partial charge on any atom is 0.0468 e. The van der Waals surface area contributed by atoms with Gasteiger partial charge in [-0.3, -0.25) is 0 Å². The van der Waals surface area contributed by atoms with E-state index in [-0.39, 0.29) is 0 Å². The van der Waals surface area contributed by atoms with E-state index in [9.17, 15) is 0 Å². The fourth-order valence-corrected chi connectivity index (χ4v) is 12.6. The Morgan fingerprint density at radius 2 is 0.671 bits per heavy atom. The van der Waals surface area contributed by atoms with Crippen LogP contribution >= 0.6 is 0 Å². The number of nitrogens with zero attached hydrogens (tertiary/aromatic N) is 2. The van der Waals surface area contributed by atoms with Crippen LogP contribution in [0.25, 0.3) is 97.7 Å². The second kappa shape index (κ2) is 18.2. The monoisotopic (exact) mass is 968 g/mol. The quantitative estimate of drug-likeness (QED) is 0.140. The molecule has 2 nitrogen and oxygen atoms in total.